The Morgan fingerprint density at radius 3 is 2.52 bits per heavy atom. The van der Waals surface area contributed by atoms with E-state index in [2.05, 4.69) is 9.97 Å². The van der Waals surface area contributed by atoms with E-state index in [1.165, 1.54) is 25.2 Å². The van der Waals surface area contributed by atoms with Crippen molar-refractivity contribution >= 4 is 22.3 Å². The highest BCUT2D eigenvalue weighted by atomic mass is 32.2. The lowest BCUT2D eigenvalue weighted by Gasteiger charge is -2.20. The van der Waals surface area contributed by atoms with Crippen molar-refractivity contribution in [3.63, 3.8) is 0 Å². The van der Waals surface area contributed by atoms with Gasteiger partial charge in [0.1, 0.15) is 11.6 Å². The lowest BCUT2D eigenvalue weighted by molar-refractivity contribution is 0.112. The number of aromatic nitrogens is 2. The van der Waals surface area contributed by atoms with Crippen molar-refractivity contribution in [3.8, 4) is 17.0 Å². The van der Waals surface area contributed by atoms with Crippen LogP contribution in [0.15, 0.2) is 18.2 Å². The maximum absolute atomic E-state index is 13.9. The molecule has 7 nitrogen and oxygen atoms in total. The molecule has 2 rings (SSSR count). The fraction of sp³-hybridized carbons (Fsp3) is 0.450. The SMILES string of the molecule is CCCCOc1cc(F)ccc1-c1nc(N(C)S(C)(=O)=O)nc(C(C)C)c1C=O. The van der Waals surface area contributed by atoms with Crippen LogP contribution >= 0.6 is 0 Å². The zero-order valence-electron chi connectivity index (χ0n) is 17.3. The minimum atomic E-state index is -3.62. The molecule has 0 spiro atoms. The average molecular weight is 424 g/mol. The lowest BCUT2D eigenvalue weighted by Crippen LogP contribution is -2.28. The summed E-state index contributed by atoms with van der Waals surface area (Å²) in [5, 5.41) is 0. The predicted octanol–water partition coefficient (Wildman–Crippen LogP) is 3.79. The van der Waals surface area contributed by atoms with Crippen molar-refractivity contribution < 1.29 is 22.3 Å². The Kier molecular flexibility index (Phi) is 7.29. The molecule has 158 valence electrons. The third kappa shape index (κ3) is 5.29. The summed E-state index contributed by atoms with van der Waals surface area (Å²) < 4.78 is 44.5. The lowest BCUT2D eigenvalue weighted by atomic mass is 9.99. The van der Waals surface area contributed by atoms with Crippen LogP contribution in [0.4, 0.5) is 10.3 Å². The minimum Gasteiger partial charge on any atom is -0.493 e. The summed E-state index contributed by atoms with van der Waals surface area (Å²) in [5.41, 5.74) is 1.23. The van der Waals surface area contributed by atoms with Gasteiger partial charge in [0.15, 0.2) is 6.29 Å². The van der Waals surface area contributed by atoms with Crippen LogP contribution in [0.1, 0.15) is 55.6 Å². The van der Waals surface area contributed by atoms with Gasteiger partial charge in [-0.2, -0.15) is 0 Å². The smallest absolute Gasteiger partial charge is 0.239 e. The topological polar surface area (TPSA) is 89.5 Å². The van der Waals surface area contributed by atoms with Gasteiger partial charge in [-0.15, -0.1) is 0 Å². The standard InChI is InChI=1S/C20H26FN3O4S/c1-6-7-10-28-17-11-14(21)8-9-15(17)19-16(12-25)18(13(2)3)22-20(23-19)24(4)29(5,26)27/h8-9,11-13H,6-7,10H2,1-5H3. The summed E-state index contributed by atoms with van der Waals surface area (Å²) in [7, 11) is -2.29. The molecule has 0 aliphatic heterocycles. The Bertz CT molecular complexity index is 993. The summed E-state index contributed by atoms with van der Waals surface area (Å²) in [6.45, 7) is 6.06. The van der Waals surface area contributed by atoms with Gasteiger partial charge in [-0.05, 0) is 24.5 Å². The number of rotatable bonds is 9. The second-order valence-electron chi connectivity index (χ2n) is 7.02. The molecular formula is C20H26FN3O4S. The summed E-state index contributed by atoms with van der Waals surface area (Å²) in [5.74, 6) is -0.489. The van der Waals surface area contributed by atoms with Gasteiger partial charge in [0.05, 0.1) is 29.8 Å². The number of carbonyl (C=O) groups excluding carboxylic acids is 1. The van der Waals surface area contributed by atoms with Crippen molar-refractivity contribution in [2.75, 3.05) is 24.2 Å². The van der Waals surface area contributed by atoms with Crippen LogP contribution in [0.3, 0.4) is 0 Å². The van der Waals surface area contributed by atoms with Crippen LogP contribution in [0, 0.1) is 5.82 Å². The van der Waals surface area contributed by atoms with Crippen molar-refractivity contribution in [2.45, 2.75) is 39.5 Å². The van der Waals surface area contributed by atoms with Crippen molar-refractivity contribution in [1.82, 2.24) is 9.97 Å². The molecular weight excluding hydrogens is 397 g/mol. The Labute approximate surface area is 171 Å². The number of hydrogen-bond acceptors (Lipinski definition) is 6. The normalized spacial score (nSPS) is 11.6. The highest BCUT2D eigenvalue weighted by molar-refractivity contribution is 7.92. The second-order valence-corrected chi connectivity index (χ2v) is 9.03. The van der Waals surface area contributed by atoms with Gasteiger partial charge in [-0.1, -0.05) is 27.2 Å². The minimum absolute atomic E-state index is 0.0689. The summed E-state index contributed by atoms with van der Waals surface area (Å²) in [4.78, 5) is 20.6. The van der Waals surface area contributed by atoms with E-state index in [1.54, 1.807) is 0 Å². The first kappa shape index (κ1) is 22.7. The fourth-order valence-corrected chi connectivity index (χ4v) is 3.04. The molecule has 0 radical (unpaired) electrons. The first-order valence-corrected chi connectivity index (χ1v) is 11.2. The van der Waals surface area contributed by atoms with Gasteiger partial charge in [-0.25, -0.2) is 27.1 Å². The predicted molar refractivity (Wildman–Crippen MR) is 111 cm³/mol. The number of benzene rings is 1. The van der Waals surface area contributed by atoms with Gasteiger partial charge >= 0.3 is 0 Å². The number of anilines is 1. The Balaban J connectivity index is 2.77. The van der Waals surface area contributed by atoms with Crippen LogP contribution in [0.25, 0.3) is 11.3 Å². The summed E-state index contributed by atoms with van der Waals surface area (Å²) in [6, 6.07) is 3.95. The fourth-order valence-electron chi connectivity index (χ4n) is 2.66. The first-order chi connectivity index (χ1) is 13.6. The number of aldehydes is 1. The van der Waals surface area contributed by atoms with E-state index in [-0.39, 0.29) is 28.9 Å². The molecule has 0 amide bonds. The molecule has 9 heteroatoms. The Morgan fingerprint density at radius 2 is 1.97 bits per heavy atom. The van der Waals surface area contributed by atoms with E-state index in [0.29, 0.717) is 24.2 Å². The molecule has 29 heavy (non-hydrogen) atoms. The third-order valence-electron chi connectivity index (χ3n) is 4.36. The molecule has 0 fully saturated rings. The first-order valence-electron chi connectivity index (χ1n) is 9.33. The van der Waals surface area contributed by atoms with Crippen molar-refractivity contribution in [3.05, 3.63) is 35.3 Å². The number of hydrogen-bond donors (Lipinski definition) is 0. The van der Waals surface area contributed by atoms with Crippen LogP contribution in [0.2, 0.25) is 0 Å². The maximum Gasteiger partial charge on any atom is 0.239 e. The average Bonchev–Trinajstić information content (AvgIpc) is 2.66. The number of nitrogens with zero attached hydrogens (tertiary/aromatic N) is 3. The number of ether oxygens (including phenoxy) is 1. The molecule has 0 unspecified atom stereocenters. The van der Waals surface area contributed by atoms with Gasteiger partial charge in [0.25, 0.3) is 0 Å². The molecule has 0 saturated heterocycles. The van der Waals surface area contributed by atoms with E-state index in [4.69, 9.17) is 4.74 Å². The molecule has 0 atom stereocenters. The highest BCUT2D eigenvalue weighted by Gasteiger charge is 2.24. The van der Waals surface area contributed by atoms with E-state index in [0.717, 1.165) is 23.4 Å². The molecule has 0 aliphatic rings. The largest absolute Gasteiger partial charge is 0.493 e. The van der Waals surface area contributed by atoms with E-state index < -0.39 is 15.8 Å². The van der Waals surface area contributed by atoms with E-state index in [9.17, 15) is 17.6 Å². The zero-order chi connectivity index (χ0) is 21.8. The number of unbranched alkanes of at least 4 members (excludes halogenated alkanes) is 1. The van der Waals surface area contributed by atoms with Crippen LogP contribution in [0.5, 0.6) is 5.75 Å². The quantitative estimate of drug-likeness (QED) is 0.450. The number of halogens is 1. The van der Waals surface area contributed by atoms with Crippen molar-refractivity contribution in [2.24, 2.45) is 0 Å². The second kappa shape index (κ2) is 9.30. The van der Waals surface area contributed by atoms with Crippen molar-refractivity contribution in [1.29, 1.82) is 0 Å². The molecule has 1 aromatic carbocycles. The molecule has 1 heterocycles. The molecule has 1 aromatic heterocycles. The van der Waals surface area contributed by atoms with Crippen LogP contribution < -0.4 is 9.04 Å². The van der Waals surface area contributed by atoms with E-state index in [1.807, 2.05) is 20.8 Å². The van der Waals surface area contributed by atoms with Crippen LogP contribution in [-0.4, -0.2) is 44.6 Å². The summed E-state index contributed by atoms with van der Waals surface area (Å²) in [6.07, 6.45) is 3.35. The Morgan fingerprint density at radius 1 is 1.28 bits per heavy atom. The highest BCUT2D eigenvalue weighted by Crippen LogP contribution is 2.35. The molecule has 0 N–H and O–H groups in total. The van der Waals surface area contributed by atoms with Gasteiger partial charge in [-0.3, -0.25) is 4.79 Å². The maximum atomic E-state index is 13.9. The van der Waals surface area contributed by atoms with Crippen LogP contribution in [-0.2, 0) is 10.0 Å². The molecule has 2 aromatic rings. The molecule has 0 aliphatic carbocycles. The van der Waals surface area contributed by atoms with E-state index >= 15 is 0 Å². The number of carbonyl (C=O) groups is 1. The molecule has 0 bridgehead atoms. The number of sulfonamides is 1. The van der Waals surface area contributed by atoms with Gasteiger partial charge in [0, 0.05) is 18.7 Å². The summed E-state index contributed by atoms with van der Waals surface area (Å²) >= 11 is 0. The Hall–Kier alpha value is -2.55. The monoisotopic (exact) mass is 423 g/mol. The van der Waals surface area contributed by atoms with Gasteiger partial charge < -0.3 is 4.74 Å². The third-order valence-corrected chi connectivity index (χ3v) is 5.52. The van der Waals surface area contributed by atoms with Gasteiger partial charge in [0.2, 0.25) is 16.0 Å². The zero-order valence-corrected chi connectivity index (χ0v) is 18.1. The molecule has 0 saturated carbocycles.